The highest BCUT2D eigenvalue weighted by Gasteiger charge is 2.27. The van der Waals surface area contributed by atoms with E-state index < -0.39 is 53.5 Å². The monoisotopic (exact) mass is 313 g/mol. The van der Waals surface area contributed by atoms with Gasteiger partial charge in [-0.3, -0.25) is 4.79 Å². The van der Waals surface area contributed by atoms with Gasteiger partial charge in [-0.1, -0.05) is 0 Å². The number of carbonyl (C=O) groups is 1. The molecule has 0 spiro atoms. The number of methoxy groups -OCH3 is 1. The van der Waals surface area contributed by atoms with E-state index in [-0.39, 0.29) is 6.42 Å². The smallest absolute Gasteiger partial charge is 0.322 e. The van der Waals surface area contributed by atoms with Crippen molar-refractivity contribution >= 4 is 5.97 Å². The molecule has 9 heteroatoms. The molecular weight excluding hydrogens is 301 g/mol. The van der Waals surface area contributed by atoms with E-state index in [1.165, 1.54) is 7.05 Å². The first-order valence-electron chi connectivity index (χ1n) is 5.74. The third-order valence-corrected chi connectivity index (χ3v) is 2.66. The van der Waals surface area contributed by atoms with E-state index in [9.17, 15) is 26.7 Å². The lowest BCUT2D eigenvalue weighted by Gasteiger charge is -2.15. The van der Waals surface area contributed by atoms with Crippen molar-refractivity contribution in [1.82, 2.24) is 5.32 Å². The molecule has 0 saturated carbocycles. The molecular formula is C12H12F5NO3. The van der Waals surface area contributed by atoms with Crippen LogP contribution in [0.3, 0.4) is 0 Å². The molecule has 0 aliphatic heterocycles. The highest BCUT2D eigenvalue weighted by molar-refractivity contribution is 5.75. The molecule has 1 aromatic rings. The van der Waals surface area contributed by atoms with Gasteiger partial charge in [0, 0.05) is 6.42 Å². The largest absolute Gasteiger partial charge is 0.487 e. The number of hydrogen-bond acceptors (Lipinski definition) is 4. The Kier molecular flexibility index (Phi) is 5.89. The van der Waals surface area contributed by atoms with Crippen LogP contribution in [-0.2, 0) is 9.53 Å². The van der Waals surface area contributed by atoms with E-state index in [4.69, 9.17) is 0 Å². The summed E-state index contributed by atoms with van der Waals surface area (Å²) < 4.78 is 74.2. The van der Waals surface area contributed by atoms with Crippen LogP contribution in [0.2, 0.25) is 0 Å². The number of halogens is 5. The Morgan fingerprint density at radius 3 is 1.95 bits per heavy atom. The van der Waals surface area contributed by atoms with Gasteiger partial charge >= 0.3 is 5.97 Å². The number of likely N-dealkylation sites (N-methyl/N-ethyl adjacent to an activating group) is 1. The standard InChI is InChI=1S/C12H12F5NO3/c1-18-5(12(19)20-2)3-4-21-11-9(16)7(14)6(13)8(15)10(11)17/h5,18H,3-4H2,1-2H3. The summed E-state index contributed by atoms with van der Waals surface area (Å²) >= 11 is 0. The van der Waals surface area contributed by atoms with Crippen LogP contribution in [0.15, 0.2) is 0 Å². The van der Waals surface area contributed by atoms with Crippen molar-refractivity contribution in [1.29, 1.82) is 0 Å². The predicted molar refractivity (Wildman–Crippen MR) is 61.2 cm³/mol. The average Bonchev–Trinajstić information content (AvgIpc) is 2.49. The molecule has 21 heavy (non-hydrogen) atoms. The van der Waals surface area contributed by atoms with Crippen molar-refractivity contribution in [2.45, 2.75) is 12.5 Å². The van der Waals surface area contributed by atoms with E-state index in [2.05, 4.69) is 14.8 Å². The number of rotatable bonds is 6. The molecule has 4 nitrogen and oxygen atoms in total. The third-order valence-electron chi connectivity index (χ3n) is 2.66. The van der Waals surface area contributed by atoms with Gasteiger partial charge in [-0.15, -0.1) is 0 Å². The Hall–Kier alpha value is -1.90. The maximum absolute atomic E-state index is 13.3. The molecule has 0 aliphatic rings. The highest BCUT2D eigenvalue weighted by Crippen LogP contribution is 2.29. The number of esters is 1. The molecule has 0 heterocycles. The molecule has 0 aliphatic carbocycles. The van der Waals surface area contributed by atoms with Crippen molar-refractivity contribution in [3.63, 3.8) is 0 Å². The molecule has 1 unspecified atom stereocenters. The molecule has 0 aromatic heterocycles. The number of benzene rings is 1. The van der Waals surface area contributed by atoms with Crippen molar-refractivity contribution in [3.05, 3.63) is 29.1 Å². The van der Waals surface area contributed by atoms with Crippen LogP contribution in [0.4, 0.5) is 22.0 Å². The summed E-state index contributed by atoms with van der Waals surface area (Å²) in [6.45, 7) is -0.459. The fraction of sp³-hybridized carbons (Fsp3) is 0.417. The van der Waals surface area contributed by atoms with Gasteiger partial charge < -0.3 is 14.8 Å². The maximum Gasteiger partial charge on any atom is 0.322 e. The SMILES string of the molecule is CNC(CCOc1c(F)c(F)c(F)c(F)c1F)C(=O)OC. The van der Waals surface area contributed by atoms with E-state index in [0.717, 1.165) is 7.11 Å². The summed E-state index contributed by atoms with van der Waals surface area (Å²) in [7, 11) is 2.57. The molecule has 0 fully saturated rings. The molecule has 0 radical (unpaired) electrons. The minimum atomic E-state index is -2.26. The minimum absolute atomic E-state index is 0.0946. The third kappa shape index (κ3) is 3.60. The summed E-state index contributed by atoms with van der Waals surface area (Å²) in [4.78, 5) is 11.2. The van der Waals surface area contributed by atoms with Gasteiger partial charge in [0.05, 0.1) is 13.7 Å². The summed E-state index contributed by atoms with van der Waals surface area (Å²) in [5.41, 5.74) is 0. The zero-order valence-corrected chi connectivity index (χ0v) is 11.1. The second-order valence-corrected chi connectivity index (χ2v) is 3.90. The van der Waals surface area contributed by atoms with Gasteiger partial charge in [0.1, 0.15) is 6.04 Å². The number of ether oxygens (including phenoxy) is 2. The molecule has 1 atom stereocenters. The van der Waals surface area contributed by atoms with Crippen molar-refractivity contribution in [2.24, 2.45) is 0 Å². The fourth-order valence-electron chi connectivity index (χ4n) is 1.51. The Balaban J connectivity index is 2.83. The Bertz CT molecular complexity index is 509. The van der Waals surface area contributed by atoms with E-state index in [1.54, 1.807) is 0 Å². The summed E-state index contributed by atoms with van der Waals surface area (Å²) in [6, 6.07) is -0.837. The van der Waals surface area contributed by atoms with E-state index >= 15 is 0 Å². The number of nitrogens with one attached hydrogen (secondary N) is 1. The molecule has 1 aromatic carbocycles. The van der Waals surface area contributed by atoms with E-state index in [1.807, 2.05) is 0 Å². The highest BCUT2D eigenvalue weighted by atomic mass is 19.2. The van der Waals surface area contributed by atoms with Gasteiger partial charge in [-0.2, -0.15) is 8.78 Å². The van der Waals surface area contributed by atoms with Gasteiger partial charge in [-0.05, 0) is 7.05 Å². The topological polar surface area (TPSA) is 47.6 Å². The van der Waals surface area contributed by atoms with Crippen LogP contribution in [-0.4, -0.2) is 32.8 Å². The quantitative estimate of drug-likeness (QED) is 0.377. The van der Waals surface area contributed by atoms with Crippen molar-refractivity contribution in [3.8, 4) is 5.75 Å². The molecule has 1 rings (SSSR count). The van der Waals surface area contributed by atoms with Crippen LogP contribution in [0.25, 0.3) is 0 Å². The van der Waals surface area contributed by atoms with Gasteiger partial charge in [0.15, 0.2) is 5.75 Å². The number of hydrogen-bond donors (Lipinski definition) is 1. The summed E-state index contributed by atoms with van der Waals surface area (Å²) in [5.74, 6) is -12.6. The van der Waals surface area contributed by atoms with Crippen molar-refractivity contribution < 1.29 is 36.2 Å². The molecule has 1 N–H and O–H groups in total. The van der Waals surface area contributed by atoms with Crippen LogP contribution in [0.1, 0.15) is 6.42 Å². The molecule has 0 amide bonds. The number of carbonyl (C=O) groups excluding carboxylic acids is 1. The van der Waals surface area contributed by atoms with Gasteiger partial charge in [0.25, 0.3) is 0 Å². The maximum atomic E-state index is 13.3. The normalized spacial score (nSPS) is 12.1. The zero-order valence-electron chi connectivity index (χ0n) is 11.1. The minimum Gasteiger partial charge on any atom is -0.487 e. The lowest BCUT2D eigenvalue weighted by molar-refractivity contribution is -0.143. The average molecular weight is 313 g/mol. The molecule has 118 valence electrons. The lowest BCUT2D eigenvalue weighted by Crippen LogP contribution is -2.36. The Morgan fingerprint density at radius 2 is 1.52 bits per heavy atom. The zero-order chi connectivity index (χ0) is 16.2. The Labute approximate surface area is 116 Å². The van der Waals surface area contributed by atoms with Crippen LogP contribution < -0.4 is 10.1 Å². The van der Waals surface area contributed by atoms with Crippen LogP contribution in [0, 0.1) is 29.1 Å². The second kappa shape index (κ2) is 7.21. The molecule has 0 bridgehead atoms. The van der Waals surface area contributed by atoms with Gasteiger partial charge in [-0.25, -0.2) is 13.2 Å². The van der Waals surface area contributed by atoms with Crippen LogP contribution >= 0.6 is 0 Å². The molecule has 0 saturated heterocycles. The first kappa shape index (κ1) is 17.2. The van der Waals surface area contributed by atoms with Crippen LogP contribution in [0.5, 0.6) is 5.75 Å². The summed E-state index contributed by atoms with van der Waals surface area (Å²) in [5, 5.41) is 2.55. The second-order valence-electron chi connectivity index (χ2n) is 3.90. The predicted octanol–water partition coefficient (Wildman–Crippen LogP) is 1.91. The van der Waals surface area contributed by atoms with Crippen molar-refractivity contribution in [2.75, 3.05) is 20.8 Å². The fourth-order valence-corrected chi connectivity index (χ4v) is 1.51. The first-order valence-corrected chi connectivity index (χ1v) is 5.74. The Morgan fingerprint density at radius 1 is 1.05 bits per heavy atom. The van der Waals surface area contributed by atoms with Gasteiger partial charge in [0.2, 0.25) is 29.1 Å². The lowest BCUT2D eigenvalue weighted by atomic mass is 10.2. The summed E-state index contributed by atoms with van der Waals surface area (Å²) in [6.07, 6.45) is -0.0946. The van der Waals surface area contributed by atoms with E-state index in [0.29, 0.717) is 0 Å². The first-order chi connectivity index (χ1) is 9.84.